The number of hydrogen-bond acceptors (Lipinski definition) is 5. The lowest BCUT2D eigenvalue weighted by atomic mass is 9.83. The molecule has 8 nitrogen and oxygen atoms in total. The van der Waals surface area contributed by atoms with Crippen molar-refractivity contribution in [2.45, 2.75) is 22.6 Å². The van der Waals surface area contributed by atoms with Crippen LogP contribution in [0.2, 0.25) is 0 Å². The third-order valence-corrected chi connectivity index (χ3v) is 7.00. The van der Waals surface area contributed by atoms with Gasteiger partial charge in [0.15, 0.2) is 5.54 Å². The maximum Gasteiger partial charge on any atom is 0.344 e. The number of thioether (sulfide) groups is 1. The molecule has 0 saturated carbocycles. The van der Waals surface area contributed by atoms with Gasteiger partial charge >= 0.3 is 6.03 Å². The highest BCUT2D eigenvalue weighted by atomic mass is 32.2. The minimum atomic E-state index is -1.48. The molecule has 9 heteroatoms. The SMILES string of the molecule is CC1Sc2ccc(C(=O)NN3C(=O)NC(c4ccccc4)(c4ccccc4)C3=O)cc2NC1=O. The smallest absolute Gasteiger partial charge is 0.324 e. The first kappa shape index (κ1) is 21.7. The minimum absolute atomic E-state index is 0.153. The van der Waals surface area contributed by atoms with E-state index in [0.29, 0.717) is 21.8 Å². The second-order valence-corrected chi connectivity index (χ2v) is 9.34. The Morgan fingerprint density at radius 1 is 0.941 bits per heavy atom. The number of anilines is 1. The molecule has 0 bridgehead atoms. The largest absolute Gasteiger partial charge is 0.344 e. The second-order valence-electron chi connectivity index (χ2n) is 7.95. The molecular weight excluding hydrogens is 452 g/mol. The molecule has 3 aromatic rings. The molecule has 3 aromatic carbocycles. The summed E-state index contributed by atoms with van der Waals surface area (Å²) in [7, 11) is 0. The average molecular weight is 473 g/mol. The lowest BCUT2D eigenvalue weighted by Gasteiger charge is -2.27. The van der Waals surface area contributed by atoms with Crippen LogP contribution < -0.4 is 16.1 Å². The predicted molar refractivity (Wildman–Crippen MR) is 127 cm³/mol. The zero-order valence-corrected chi connectivity index (χ0v) is 18.9. The topological polar surface area (TPSA) is 108 Å². The van der Waals surface area contributed by atoms with Gasteiger partial charge in [-0.05, 0) is 36.2 Å². The van der Waals surface area contributed by atoms with Crippen molar-refractivity contribution in [2.75, 3.05) is 5.32 Å². The molecule has 1 atom stereocenters. The average Bonchev–Trinajstić information content (AvgIpc) is 3.11. The van der Waals surface area contributed by atoms with Crippen molar-refractivity contribution in [3.63, 3.8) is 0 Å². The van der Waals surface area contributed by atoms with Crippen LogP contribution in [0.25, 0.3) is 0 Å². The Hall–Kier alpha value is -4.11. The monoisotopic (exact) mass is 472 g/mol. The van der Waals surface area contributed by atoms with E-state index in [1.807, 2.05) is 12.1 Å². The molecule has 5 rings (SSSR count). The standard InChI is InChI=1S/C25H20N4O4S/c1-15-21(30)26-19-14-16(12-13-20(19)34-15)22(31)28-29-23(32)25(27-24(29)33,17-8-4-2-5-9-17)18-10-6-3-7-11-18/h2-15H,1H3,(H,26,30)(H,27,33)(H,28,31). The molecule has 3 N–H and O–H groups in total. The fraction of sp³-hybridized carbons (Fsp3) is 0.120. The number of imide groups is 1. The Morgan fingerprint density at radius 2 is 1.56 bits per heavy atom. The van der Waals surface area contributed by atoms with Gasteiger partial charge in [0.2, 0.25) is 5.91 Å². The lowest BCUT2D eigenvalue weighted by Crippen LogP contribution is -2.49. The number of amides is 5. The molecule has 0 radical (unpaired) electrons. The molecule has 0 aromatic heterocycles. The van der Waals surface area contributed by atoms with E-state index in [1.165, 1.54) is 17.8 Å². The van der Waals surface area contributed by atoms with Gasteiger partial charge in [0.1, 0.15) is 0 Å². The van der Waals surface area contributed by atoms with E-state index in [2.05, 4.69) is 16.1 Å². The van der Waals surface area contributed by atoms with Gasteiger partial charge < -0.3 is 10.6 Å². The Morgan fingerprint density at radius 3 is 2.18 bits per heavy atom. The molecule has 1 fully saturated rings. The van der Waals surface area contributed by atoms with Gasteiger partial charge in [-0.3, -0.25) is 19.8 Å². The van der Waals surface area contributed by atoms with Gasteiger partial charge in [-0.15, -0.1) is 11.8 Å². The number of urea groups is 1. The van der Waals surface area contributed by atoms with E-state index in [-0.39, 0.29) is 16.7 Å². The molecule has 1 unspecified atom stereocenters. The molecule has 1 saturated heterocycles. The number of carbonyl (C=O) groups excluding carboxylic acids is 4. The van der Waals surface area contributed by atoms with Crippen molar-refractivity contribution in [3.8, 4) is 0 Å². The quantitative estimate of drug-likeness (QED) is 0.505. The van der Waals surface area contributed by atoms with Crippen molar-refractivity contribution in [3.05, 3.63) is 95.6 Å². The summed E-state index contributed by atoms with van der Waals surface area (Å²) < 4.78 is 0. The zero-order valence-electron chi connectivity index (χ0n) is 18.1. The van der Waals surface area contributed by atoms with E-state index in [0.717, 1.165) is 4.90 Å². The van der Waals surface area contributed by atoms with Crippen LogP contribution in [0.4, 0.5) is 10.5 Å². The summed E-state index contributed by atoms with van der Waals surface area (Å²) in [5.74, 6) is -1.43. The number of nitrogens with one attached hydrogen (secondary N) is 3. The third-order valence-electron chi connectivity index (χ3n) is 5.82. The number of rotatable bonds is 4. The number of benzene rings is 3. The maximum absolute atomic E-state index is 13.7. The van der Waals surface area contributed by atoms with Crippen LogP contribution in [-0.4, -0.2) is 34.0 Å². The van der Waals surface area contributed by atoms with Gasteiger partial charge in [0, 0.05) is 10.5 Å². The molecule has 2 heterocycles. The van der Waals surface area contributed by atoms with E-state index in [4.69, 9.17) is 0 Å². The Balaban J connectivity index is 1.46. The number of hydrazine groups is 1. The normalized spacial score (nSPS) is 18.7. The van der Waals surface area contributed by atoms with Crippen LogP contribution in [0.15, 0.2) is 83.8 Å². The lowest BCUT2D eigenvalue weighted by molar-refractivity contribution is -0.131. The zero-order chi connectivity index (χ0) is 23.9. The van der Waals surface area contributed by atoms with E-state index in [9.17, 15) is 19.2 Å². The maximum atomic E-state index is 13.7. The van der Waals surface area contributed by atoms with Crippen LogP contribution in [0.3, 0.4) is 0 Å². The van der Waals surface area contributed by atoms with E-state index >= 15 is 0 Å². The van der Waals surface area contributed by atoms with Crippen molar-refractivity contribution < 1.29 is 19.2 Å². The molecule has 5 amide bonds. The molecule has 34 heavy (non-hydrogen) atoms. The first-order valence-corrected chi connectivity index (χ1v) is 11.5. The highest BCUT2D eigenvalue weighted by Gasteiger charge is 2.54. The molecule has 2 aliphatic rings. The fourth-order valence-electron chi connectivity index (χ4n) is 4.08. The van der Waals surface area contributed by atoms with Crippen LogP contribution in [0.1, 0.15) is 28.4 Å². The first-order chi connectivity index (χ1) is 16.4. The van der Waals surface area contributed by atoms with Crippen LogP contribution in [-0.2, 0) is 15.1 Å². The summed E-state index contributed by atoms with van der Waals surface area (Å²) in [4.78, 5) is 52.5. The Kier molecular flexibility index (Phi) is 5.33. The van der Waals surface area contributed by atoms with Gasteiger partial charge in [-0.1, -0.05) is 60.7 Å². The summed E-state index contributed by atoms with van der Waals surface area (Å²) in [6, 6.07) is 21.9. The molecule has 170 valence electrons. The fourth-order valence-corrected chi connectivity index (χ4v) is 5.01. The van der Waals surface area contributed by atoms with Crippen LogP contribution >= 0.6 is 11.8 Å². The van der Waals surface area contributed by atoms with Gasteiger partial charge in [-0.25, -0.2) is 4.79 Å². The number of fused-ring (bicyclic) bond motifs is 1. The Labute approximate surface area is 199 Å². The predicted octanol–water partition coefficient (Wildman–Crippen LogP) is 3.26. The summed E-state index contributed by atoms with van der Waals surface area (Å²) in [5, 5.41) is 6.02. The third kappa shape index (κ3) is 3.50. The van der Waals surface area contributed by atoms with Gasteiger partial charge in [-0.2, -0.15) is 5.01 Å². The van der Waals surface area contributed by atoms with Crippen molar-refractivity contribution >= 4 is 41.2 Å². The number of nitrogens with zero attached hydrogens (tertiary/aromatic N) is 1. The van der Waals surface area contributed by atoms with E-state index < -0.39 is 23.4 Å². The van der Waals surface area contributed by atoms with Crippen molar-refractivity contribution in [2.24, 2.45) is 0 Å². The summed E-state index contributed by atoms with van der Waals surface area (Å²) in [6.45, 7) is 1.80. The minimum Gasteiger partial charge on any atom is -0.324 e. The number of hydrogen-bond donors (Lipinski definition) is 3. The van der Waals surface area contributed by atoms with Crippen molar-refractivity contribution in [1.82, 2.24) is 15.8 Å². The highest BCUT2D eigenvalue weighted by Crippen LogP contribution is 2.37. The van der Waals surface area contributed by atoms with E-state index in [1.54, 1.807) is 67.6 Å². The summed E-state index contributed by atoms with van der Waals surface area (Å²) in [6.07, 6.45) is 0. The summed E-state index contributed by atoms with van der Waals surface area (Å²) in [5.41, 5.74) is 2.80. The molecule has 0 aliphatic carbocycles. The van der Waals surface area contributed by atoms with Crippen LogP contribution in [0, 0.1) is 0 Å². The van der Waals surface area contributed by atoms with Gasteiger partial charge in [0.25, 0.3) is 11.8 Å². The van der Waals surface area contributed by atoms with Gasteiger partial charge in [0.05, 0.1) is 10.9 Å². The molecular formula is C25H20N4O4S. The second kappa shape index (κ2) is 8.35. The van der Waals surface area contributed by atoms with Crippen molar-refractivity contribution in [1.29, 1.82) is 0 Å². The van der Waals surface area contributed by atoms with Crippen LogP contribution in [0.5, 0.6) is 0 Å². The first-order valence-electron chi connectivity index (χ1n) is 10.6. The molecule has 0 spiro atoms. The summed E-state index contributed by atoms with van der Waals surface area (Å²) >= 11 is 1.40. The molecule has 2 aliphatic heterocycles. The highest BCUT2D eigenvalue weighted by molar-refractivity contribution is 8.00. The Bertz CT molecular complexity index is 1270. The number of carbonyl (C=O) groups is 4.